The van der Waals surface area contributed by atoms with Crippen molar-refractivity contribution in [1.29, 1.82) is 0 Å². The number of alkyl halides is 3. The number of hydrogen-bond donors (Lipinski definition) is 1. The molecule has 8 heteroatoms. The monoisotopic (exact) mass is 409 g/mol. The van der Waals surface area contributed by atoms with Crippen LogP contribution in [0.15, 0.2) is 64.4 Å². The molecule has 142 valence electrons. The molecule has 1 aromatic heterocycles. The Morgan fingerprint density at radius 1 is 0.963 bits per heavy atom. The van der Waals surface area contributed by atoms with Crippen LogP contribution in [0.4, 0.5) is 18.9 Å². The largest absolute Gasteiger partial charge is 0.446 e. The van der Waals surface area contributed by atoms with Crippen molar-refractivity contribution in [2.24, 2.45) is 0 Å². The van der Waals surface area contributed by atoms with Crippen LogP contribution in [-0.4, -0.2) is 29.5 Å². The lowest BCUT2D eigenvalue weighted by Crippen LogP contribution is -2.11. The molecule has 3 nitrogen and oxygen atoms in total. The number of thioether (sulfide) groups is 1. The van der Waals surface area contributed by atoms with Gasteiger partial charge in [-0.15, -0.1) is 0 Å². The summed E-state index contributed by atoms with van der Waals surface area (Å²) in [5, 5.41) is 1.03. The molecule has 1 N–H and O–H groups in total. The maximum absolute atomic E-state index is 12.4. The highest BCUT2D eigenvalue weighted by Crippen LogP contribution is 2.37. The number of hydrogen-bond acceptors (Lipinski definition) is 5. The predicted octanol–water partition coefficient (Wildman–Crippen LogP) is 6.03. The molecule has 0 spiro atoms. The topological polar surface area (TPSA) is 28.2 Å². The first-order chi connectivity index (χ1) is 12.8. The van der Waals surface area contributed by atoms with Gasteiger partial charge in [0.1, 0.15) is 0 Å². The Balaban J connectivity index is 1.74. The lowest BCUT2D eigenvalue weighted by Gasteiger charge is -2.12. The van der Waals surface area contributed by atoms with Gasteiger partial charge in [0.2, 0.25) is 0 Å². The Bertz CT molecular complexity index is 912. The smallest absolute Gasteiger partial charge is 0.324 e. The number of halogens is 3. The molecule has 0 saturated carbocycles. The first-order valence-corrected chi connectivity index (χ1v) is 9.75. The van der Waals surface area contributed by atoms with Crippen LogP contribution in [0.2, 0.25) is 0 Å². The molecule has 0 aliphatic heterocycles. The number of anilines is 1. The summed E-state index contributed by atoms with van der Waals surface area (Å²) in [6.07, 6.45) is 0. The maximum atomic E-state index is 12.4. The minimum atomic E-state index is -4.27. The Morgan fingerprint density at radius 3 is 2.33 bits per heavy atom. The first kappa shape index (κ1) is 19.9. The number of para-hydroxylation sites is 1. The number of rotatable bonds is 6. The van der Waals surface area contributed by atoms with Crippen molar-refractivity contribution in [3.8, 4) is 0 Å². The van der Waals surface area contributed by atoms with Crippen LogP contribution in [0, 0.1) is 0 Å². The van der Waals surface area contributed by atoms with Gasteiger partial charge in [-0.1, -0.05) is 18.2 Å². The molecule has 0 amide bonds. The van der Waals surface area contributed by atoms with Crippen LogP contribution in [0.3, 0.4) is 0 Å². The van der Waals surface area contributed by atoms with E-state index in [-0.39, 0.29) is 16.7 Å². The van der Waals surface area contributed by atoms with Crippen LogP contribution < -0.4 is 4.72 Å². The summed E-state index contributed by atoms with van der Waals surface area (Å²) in [5.74, 6) is 0. The van der Waals surface area contributed by atoms with E-state index in [0.29, 0.717) is 0 Å². The van der Waals surface area contributed by atoms with E-state index in [0.717, 1.165) is 33.7 Å². The highest BCUT2D eigenvalue weighted by Gasteiger charge is 2.28. The molecule has 1 heterocycles. The zero-order chi connectivity index (χ0) is 19.4. The zero-order valence-corrected chi connectivity index (χ0v) is 16.4. The summed E-state index contributed by atoms with van der Waals surface area (Å²) in [7, 11) is 3.99. The molecular formula is C19H18F3N3S2. The second-order valence-corrected chi connectivity index (χ2v) is 8.16. The van der Waals surface area contributed by atoms with E-state index in [2.05, 4.69) is 9.62 Å². The quantitative estimate of drug-likeness (QED) is 0.397. The fraction of sp³-hybridized carbons (Fsp3) is 0.211. The number of benzene rings is 2. The third-order valence-corrected chi connectivity index (χ3v) is 5.16. The minimum Gasteiger partial charge on any atom is -0.324 e. The second kappa shape index (κ2) is 8.41. The summed E-state index contributed by atoms with van der Waals surface area (Å²) >= 11 is 1.23. The summed E-state index contributed by atoms with van der Waals surface area (Å²) < 4.78 is 40.5. The number of nitrogens with one attached hydrogen (secondary N) is 1. The SMILES string of the molecule is CN(C)Cc1ccc2cccc(NSc3ccc(SC(F)(F)F)cc3)c2n1. The van der Waals surface area contributed by atoms with Gasteiger partial charge >= 0.3 is 5.51 Å². The molecule has 0 aliphatic rings. The molecule has 27 heavy (non-hydrogen) atoms. The van der Waals surface area contributed by atoms with Crippen molar-refractivity contribution in [3.63, 3.8) is 0 Å². The number of pyridine rings is 1. The zero-order valence-electron chi connectivity index (χ0n) is 14.7. The van der Waals surface area contributed by atoms with Gasteiger partial charge in [0.25, 0.3) is 0 Å². The molecule has 2 aromatic carbocycles. The average Bonchev–Trinajstić information content (AvgIpc) is 2.59. The first-order valence-electron chi connectivity index (χ1n) is 8.12. The third-order valence-electron chi connectivity index (χ3n) is 3.59. The highest BCUT2D eigenvalue weighted by molar-refractivity contribution is 8.00. The normalized spacial score (nSPS) is 11.9. The minimum absolute atomic E-state index is 0.112. The Labute approximate surface area is 164 Å². The summed E-state index contributed by atoms with van der Waals surface area (Å²) in [6.45, 7) is 0.746. The van der Waals surface area contributed by atoms with Crippen molar-refractivity contribution in [2.75, 3.05) is 18.8 Å². The van der Waals surface area contributed by atoms with Crippen molar-refractivity contribution < 1.29 is 13.2 Å². The molecule has 3 aromatic rings. The van der Waals surface area contributed by atoms with Gasteiger partial charge in [-0.2, -0.15) is 13.2 Å². The van der Waals surface area contributed by atoms with Gasteiger partial charge in [0.15, 0.2) is 0 Å². The van der Waals surface area contributed by atoms with Gasteiger partial charge < -0.3 is 9.62 Å². The predicted molar refractivity (Wildman–Crippen MR) is 107 cm³/mol. The summed E-state index contributed by atoms with van der Waals surface area (Å²) in [6, 6.07) is 16.2. The standard InChI is InChI=1S/C19H18F3N3S2/c1-25(2)12-14-7-6-13-4-3-5-17(18(13)23-14)24-27-16-10-8-15(9-11-16)26-19(20,21)22/h3-11,24H,12H2,1-2H3. The van der Waals surface area contributed by atoms with E-state index in [1.165, 1.54) is 24.1 Å². The molecular weight excluding hydrogens is 391 g/mol. The van der Waals surface area contributed by atoms with E-state index >= 15 is 0 Å². The average molecular weight is 410 g/mol. The lowest BCUT2D eigenvalue weighted by molar-refractivity contribution is -0.0328. The molecule has 0 bridgehead atoms. The summed E-state index contributed by atoms with van der Waals surface area (Å²) in [4.78, 5) is 7.79. The number of nitrogens with zero attached hydrogens (tertiary/aromatic N) is 2. The van der Waals surface area contributed by atoms with Crippen molar-refractivity contribution >= 4 is 40.3 Å². The second-order valence-electron chi connectivity index (χ2n) is 6.14. The van der Waals surface area contributed by atoms with Crippen LogP contribution in [0.1, 0.15) is 5.69 Å². The Morgan fingerprint density at radius 2 is 1.67 bits per heavy atom. The summed E-state index contributed by atoms with van der Waals surface area (Å²) in [5.41, 5.74) is -1.56. The van der Waals surface area contributed by atoms with Gasteiger partial charge in [0, 0.05) is 21.7 Å². The molecule has 3 rings (SSSR count). The van der Waals surface area contributed by atoms with Crippen molar-refractivity contribution in [3.05, 3.63) is 60.3 Å². The van der Waals surface area contributed by atoms with Crippen LogP contribution in [0.5, 0.6) is 0 Å². The Hall–Kier alpha value is -1.90. The lowest BCUT2D eigenvalue weighted by atomic mass is 10.2. The maximum Gasteiger partial charge on any atom is 0.446 e. The number of aromatic nitrogens is 1. The van der Waals surface area contributed by atoms with E-state index in [1.807, 2.05) is 44.4 Å². The van der Waals surface area contributed by atoms with E-state index in [1.54, 1.807) is 12.1 Å². The van der Waals surface area contributed by atoms with E-state index in [4.69, 9.17) is 4.98 Å². The van der Waals surface area contributed by atoms with Crippen LogP contribution in [-0.2, 0) is 6.54 Å². The molecule has 0 atom stereocenters. The van der Waals surface area contributed by atoms with Gasteiger partial charge in [-0.05, 0) is 74.2 Å². The molecule has 0 saturated heterocycles. The van der Waals surface area contributed by atoms with E-state index < -0.39 is 5.51 Å². The van der Waals surface area contributed by atoms with Crippen molar-refractivity contribution in [1.82, 2.24) is 9.88 Å². The van der Waals surface area contributed by atoms with Gasteiger partial charge in [-0.3, -0.25) is 0 Å². The molecule has 0 unspecified atom stereocenters. The van der Waals surface area contributed by atoms with E-state index in [9.17, 15) is 13.2 Å². The van der Waals surface area contributed by atoms with Crippen molar-refractivity contribution in [2.45, 2.75) is 21.8 Å². The highest BCUT2D eigenvalue weighted by atomic mass is 32.2. The number of fused-ring (bicyclic) bond motifs is 1. The third kappa shape index (κ3) is 5.79. The fourth-order valence-corrected chi connectivity index (χ4v) is 3.71. The Kier molecular flexibility index (Phi) is 6.18. The van der Waals surface area contributed by atoms with Crippen LogP contribution in [0.25, 0.3) is 10.9 Å². The molecule has 0 radical (unpaired) electrons. The van der Waals surface area contributed by atoms with Gasteiger partial charge in [-0.25, -0.2) is 4.98 Å². The van der Waals surface area contributed by atoms with Crippen LogP contribution >= 0.6 is 23.7 Å². The van der Waals surface area contributed by atoms with Gasteiger partial charge in [0.05, 0.1) is 16.9 Å². The molecule has 0 fully saturated rings. The fourth-order valence-electron chi connectivity index (χ4n) is 2.51. The molecule has 0 aliphatic carbocycles.